The Labute approximate surface area is 250 Å². The summed E-state index contributed by atoms with van der Waals surface area (Å²) < 4.78 is 9.59. The molecule has 42 heavy (non-hydrogen) atoms. The molecule has 1 unspecified atom stereocenters. The summed E-state index contributed by atoms with van der Waals surface area (Å²) >= 11 is 6.64. The van der Waals surface area contributed by atoms with E-state index in [9.17, 15) is 14.4 Å². The summed E-state index contributed by atoms with van der Waals surface area (Å²) in [6, 6.07) is 10.5. The highest BCUT2D eigenvalue weighted by Gasteiger charge is 2.34. The first-order chi connectivity index (χ1) is 20.0. The van der Waals surface area contributed by atoms with Gasteiger partial charge in [-0.25, -0.2) is 4.68 Å². The predicted octanol–water partition coefficient (Wildman–Crippen LogP) is 5.93. The fourth-order valence-corrected chi connectivity index (χ4v) is 6.59. The lowest BCUT2D eigenvalue weighted by atomic mass is 10.1. The first kappa shape index (κ1) is 28.4. The number of fused-ring (bicyclic) bond motifs is 4. The standard InChI is InChI=1S/C32H33ClN4O4Si/c1-20-27-28(34-37(20)26-12-7-8-16-41-26)25-19-22(33)18-21(13-17-42(2,3)4)29(25)35(32(27)40)14-9-15-36-30(38)23-10-5-6-11-24(23)31(36)39/h5-6,10-11,18-19,26H,7-9,12,14-16H2,1-4H3. The van der Waals surface area contributed by atoms with Gasteiger partial charge in [-0.3, -0.25) is 19.3 Å². The summed E-state index contributed by atoms with van der Waals surface area (Å²) in [5.74, 6) is 2.72. The molecule has 1 fully saturated rings. The second-order valence-corrected chi connectivity index (χ2v) is 17.2. The molecule has 0 aliphatic carbocycles. The third-order valence-electron chi connectivity index (χ3n) is 7.85. The van der Waals surface area contributed by atoms with Gasteiger partial charge in [0.1, 0.15) is 19.8 Å². The van der Waals surface area contributed by atoms with Crippen molar-refractivity contribution in [3.05, 3.63) is 74.2 Å². The molecule has 0 saturated carbocycles. The van der Waals surface area contributed by atoms with Crippen LogP contribution in [0.2, 0.25) is 24.7 Å². The van der Waals surface area contributed by atoms with Crippen LogP contribution in [-0.2, 0) is 11.3 Å². The number of hydrogen-bond donors (Lipinski definition) is 0. The first-order valence-corrected chi connectivity index (χ1v) is 18.3. The van der Waals surface area contributed by atoms with Gasteiger partial charge in [-0.05, 0) is 56.9 Å². The number of rotatable bonds is 5. The number of ether oxygens (including phenoxy) is 1. The third-order valence-corrected chi connectivity index (χ3v) is 8.94. The maximum Gasteiger partial charge on any atom is 0.262 e. The summed E-state index contributed by atoms with van der Waals surface area (Å²) in [5, 5.41) is 6.70. The zero-order valence-electron chi connectivity index (χ0n) is 24.3. The molecule has 8 nitrogen and oxygen atoms in total. The van der Waals surface area contributed by atoms with Crippen LogP contribution in [0.5, 0.6) is 0 Å². The van der Waals surface area contributed by atoms with Crippen molar-refractivity contribution >= 4 is 53.3 Å². The number of carbonyl (C=O) groups is 2. The van der Waals surface area contributed by atoms with Gasteiger partial charge in [-0.15, -0.1) is 5.54 Å². The van der Waals surface area contributed by atoms with E-state index in [1.165, 1.54) is 4.90 Å². The molecule has 4 aromatic rings. The van der Waals surface area contributed by atoms with Crippen LogP contribution >= 0.6 is 11.6 Å². The van der Waals surface area contributed by atoms with Crippen LogP contribution in [0.1, 0.15) is 63.9 Å². The van der Waals surface area contributed by atoms with Gasteiger partial charge in [0, 0.05) is 35.7 Å². The van der Waals surface area contributed by atoms with Crippen molar-refractivity contribution < 1.29 is 14.3 Å². The largest absolute Gasteiger partial charge is 0.357 e. The minimum absolute atomic E-state index is 0.183. The van der Waals surface area contributed by atoms with Crippen LogP contribution in [0, 0.1) is 18.4 Å². The van der Waals surface area contributed by atoms with Gasteiger partial charge in [0.25, 0.3) is 17.4 Å². The molecule has 0 N–H and O–H groups in total. The molecule has 0 radical (unpaired) electrons. The molecule has 216 valence electrons. The Balaban J connectivity index is 1.47. The van der Waals surface area contributed by atoms with Gasteiger partial charge in [0.05, 0.1) is 27.7 Å². The van der Waals surface area contributed by atoms with Gasteiger partial charge in [0.2, 0.25) is 0 Å². The van der Waals surface area contributed by atoms with Crippen molar-refractivity contribution in [2.45, 2.75) is 65.0 Å². The van der Waals surface area contributed by atoms with Crippen molar-refractivity contribution in [3.8, 4) is 11.5 Å². The van der Waals surface area contributed by atoms with Gasteiger partial charge < -0.3 is 9.30 Å². The lowest BCUT2D eigenvalue weighted by molar-refractivity contribution is -0.0402. The van der Waals surface area contributed by atoms with E-state index >= 15 is 0 Å². The smallest absolute Gasteiger partial charge is 0.262 e. The van der Waals surface area contributed by atoms with Crippen LogP contribution in [0.3, 0.4) is 0 Å². The number of amides is 2. The Bertz CT molecular complexity index is 1850. The van der Waals surface area contributed by atoms with E-state index in [0.717, 1.165) is 30.3 Å². The summed E-state index contributed by atoms with van der Waals surface area (Å²) in [6.45, 7) is 9.52. The Morgan fingerprint density at radius 2 is 1.76 bits per heavy atom. The Hall–Kier alpha value is -3.71. The molecule has 0 spiro atoms. The maximum atomic E-state index is 14.3. The van der Waals surface area contributed by atoms with E-state index in [0.29, 0.717) is 51.2 Å². The first-order valence-electron chi connectivity index (χ1n) is 14.4. The number of benzene rings is 2. The highest BCUT2D eigenvalue weighted by molar-refractivity contribution is 6.83. The van der Waals surface area contributed by atoms with Crippen molar-refractivity contribution in [2.24, 2.45) is 0 Å². The number of nitrogens with zero attached hydrogens (tertiary/aromatic N) is 4. The Kier molecular flexibility index (Phi) is 7.33. The fourth-order valence-electron chi connectivity index (χ4n) is 5.86. The number of pyridine rings is 1. The SMILES string of the molecule is Cc1c2c(=O)n(CCCN3C(=O)c4ccccc4C3=O)c3c(C#C[Si](C)(C)C)cc(Cl)cc3c2nn1C1CCCCO1. The average Bonchev–Trinajstić information content (AvgIpc) is 3.43. The number of halogens is 1. The number of aromatic nitrogens is 3. The molecule has 1 atom stereocenters. The quantitative estimate of drug-likeness (QED) is 0.161. The van der Waals surface area contributed by atoms with Gasteiger partial charge in [-0.1, -0.05) is 49.3 Å². The van der Waals surface area contributed by atoms with Crippen molar-refractivity contribution in [2.75, 3.05) is 13.2 Å². The van der Waals surface area contributed by atoms with Crippen LogP contribution in [0.25, 0.3) is 21.8 Å². The third kappa shape index (κ3) is 4.98. The average molecular weight is 601 g/mol. The molecule has 10 heteroatoms. The highest BCUT2D eigenvalue weighted by Crippen LogP contribution is 2.33. The molecular formula is C32H33ClN4O4Si. The summed E-state index contributed by atoms with van der Waals surface area (Å²) in [5.41, 5.74) is 6.72. The number of hydrogen-bond acceptors (Lipinski definition) is 5. The monoisotopic (exact) mass is 600 g/mol. The number of aryl methyl sites for hydroxylation is 2. The van der Waals surface area contributed by atoms with E-state index in [4.69, 9.17) is 21.4 Å². The Morgan fingerprint density at radius 3 is 2.40 bits per heavy atom. The summed E-state index contributed by atoms with van der Waals surface area (Å²) in [7, 11) is -1.76. The predicted molar refractivity (Wildman–Crippen MR) is 167 cm³/mol. The fraction of sp³-hybridized carbons (Fsp3) is 0.375. The summed E-state index contributed by atoms with van der Waals surface area (Å²) in [6.07, 6.45) is 3.04. The van der Waals surface area contributed by atoms with E-state index in [1.54, 1.807) is 34.9 Å². The number of imide groups is 1. The normalized spacial score (nSPS) is 17.2. The minimum Gasteiger partial charge on any atom is -0.357 e. The van der Waals surface area contributed by atoms with Crippen molar-refractivity contribution in [1.82, 2.24) is 19.2 Å². The molecule has 1 saturated heterocycles. The number of carbonyl (C=O) groups excluding carboxylic acids is 2. The summed E-state index contributed by atoms with van der Waals surface area (Å²) in [4.78, 5) is 41.5. The van der Waals surface area contributed by atoms with Crippen LogP contribution in [0.15, 0.2) is 41.2 Å². The van der Waals surface area contributed by atoms with Crippen molar-refractivity contribution in [1.29, 1.82) is 0 Å². The van der Waals surface area contributed by atoms with Crippen LogP contribution in [0.4, 0.5) is 0 Å². The molecule has 4 heterocycles. The molecular weight excluding hydrogens is 568 g/mol. The second kappa shape index (κ2) is 10.8. The molecule has 2 aromatic carbocycles. The lowest BCUT2D eigenvalue weighted by Gasteiger charge is -2.23. The van der Waals surface area contributed by atoms with E-state index in [-0.39, 0.29) is 36.7 Å². The van der Waals surface area contributed by atoms with E-state index < -0.39 is 8.07 Å². The molecule has 2 aromatic heterocycles. The van der Waals surface area contributed by atoms with Gasteiger partial charge in [-0.2, -0.15) is 5.10 Å². The second-order valence-electron chi connectivity index (χ2n) is 12.0. The molecule has 2 aliphatic heterocycles. The Morgan fingerprint density at radius 1 is 1.05 bits per heavy atom. The van der Waals surface area contributed by atoms with Crippen molar-refractivity contribution in [3.63, 3.8) is 0 Å². The zero-order valence-corrected chi connectivity index (χ0v) is 26.0. The van der Waals surface area contributed by atoms with E-state index in [2.05, 4.69) is 31.1 Å². The molecule has 2 amide bonds. The highest BCUT2D eigenvalue weighted by atomic mass is 35.5. The molecule has 6 rings (SSSR count). The molecule has 0 bridgehead atoms. The minimum atomic E-state index is -1.76. The van der Waals surface area contributed by atoms with E-state index in [1.807, 2.05) is 17.7 Å². The lowest BCUT2D eigenvalue weighted by Crippen LogP contribution is -2.32. The van der Waals surface area contributed by atoms with Crippen LogP contribution in [-0.4, -0.2) is 52.3 Å². The maximum absolute atomic E-state index is 14.3. The molecule has 2 aliphatic rings. The van der Waals surface area contributed by atoms with Gasteiger partial charge in [0.15, 0.2) is 0 Å². The zero-order chi connectivity index (χ0) is 29.8. The van der Waals surface area contributed by atoms with Gasteiger partial charge >= 0.3 is 0 Å². The topological polar surface area (TPSA) is 86.4 Å². The van der Waals surface area contributed by atoms with Crippen LogP contribution < -0.4 is 5.56 Å².